The Balaban J connectivity index is 2.05. The Labute approximate surface area is 112 Å². The smallest absolute Gasteiger partial charge is 0.0672 e. The summed E-state index contributed by atoms with van der Waals surface area (Å²) in [4.78, 5) is 4.94. The minimum absolute atomic E-state index is 0.268. The zero-order valence-electron chi connectivity index (χ0n) is 12.1. The first-order chi connectivity index (χ1) is 8.61. The molecule has 18 heavy (non-hydrogen) atoms. The van der Waals surface area contributed by atoms with E-state index in [-0.39, 0.29) is 5.92 Å². The number of hydrogen-bond acceptors (Lipinski definition) is 3. The molecule has 1 saturated heterocycles. The largest absolute Gasteiger partial charge is 0.308 e. The van der Waals surface area contributed by atoms with Gasteiger partial charge < -0.3 is 4.90 Å². The van der Waals surface area contributed by atoms with Crippen molar-refractivity contribution in [2.24, 2.45) is 11.8 Å². The zero-order chi connectivity index (χ0) is 13.1. The number of rotatable bonds is 3. The molecule has 3 heteroatoms. The van der Waals surface area contributed by atoms with Crippen LogP contribution in [0.15, 0.2) is 0 Å². The lowest BCUT2D eigenvalue weighted by Crippen LogP contribution is -2.48. The summed E-state index contributed by atoms with van der Waals surface area (Å²) in [6.45, 7) is 4.69. The molecule has 0 aromatic carbocycles. The summed E-state index contributed by atoms with van der Waals surface area (Å²) in [6, 6.07) is 3.76. The third kappa shape index (κ3) is 3.05. The van der Waals surface area contributed by atoms with E-state index in [1.807, 2.05) is 0 Å². The first kappa shape index (κ1) is 13.8. The molecular formula is C15H27N3. The van der Waals surface area contributed by atoms with Crippen molar-refractivity contribution in [2.45, 2.75) is 51.1 Å². The fourth-order valence-corrected chi connectivity index (χ4v) is 3.78. The maximum atomic E-state index is 9.39. The summed E-state index contributed by atoms with van der Waals surface area (Å²) in [5.41, 5.74) is 0. The second-order valence-corrected chi connectivity index (χ2v) is 6.52. The van der Waals surface area contributed by atoms with E-state index in [1.165, 1.54) is 32.2 Å². The summed E-state index contributed by atoms with van der Waals surface area (Å²) in [7, 11) is 4.31. The van der Waals surface area contributed by atoms with E-state index in [0.29, 0.717) is 12.1 Å². The van der Waals surface area contributed by atoms with Crippen molar-refractivity contribution in [3.05, 3.63) is 0 Å². The van der Waals surface area contributed by atoms with Crippen LogP contribution in [-0.4, -0.2) is 49.1 Å². The van der Waals surface area contributed by atoms with Gasteiger partial charge in [0.05, 0.1) is 12.0 Å². The lowest BCUT2D eigenvalue weighted by molar-refractivity contribution is 0.0826. The lowest BCUT2D eigenvalue weighted by Gasteiger charge is -2.41. The van der Waals surface area contributed by atoms with E-state index in [0.717, 1.165) is 18.9 Å². The molecule has 102 valence electrons. The van der Waals surface area contributed by atoms with Crippen molar-refractivity contribution in [2.75, 3.05) is 27.2 Å². The van der Waals surface area contributed by atoms with Crippen LogP contribution in [0.25, 0.3) is 0 Å². The molecule has 2 aliphatic rings. The monoisotopic (exact) mass is 249 g/mol. The molecule has 1 saturated carbocycles. The summed E-state index contributed by atoms with van der Waals surface area (Å²) in [6.07, 6.45) is 6.18. The van der Waals surface area contributed by atoms with Gasteiger partial charge in [-0.3, -0.25) is 4.90 Å². The number of nitrogens with zero attached hydrogens (tertiary/aromatic N) is 3. The van der Waals surface area contributed by atoms with Crippen molar-refractivity contribution >= 4 is 0 Å². The molecule has 0 spiro atoms. The van der Waals surface area contributed by atoms with Crippen LogP contribution in [0, 0.1) is 23.2 Å². The quantitative estimate of drug-likeness (QED) is 0.769. The van der Waals surface area contributed by atoms with Gasteiger partial charge in [0.25, 0.3) is 0 Å². The highest BCUT2D eigenvalue weighted by molar-refractivity contribution is 5.00. The molecule has 1 heterocycles. The van der Waals surface area contributed by atoms with Crippen LogP contribution in [0.2, 0.25) is 0 Å². The molecule has 0 radical (unpaired) electrons. The Hall–Kier alpha value is -0.590. The Morgan fingerprint density at radius 3 is 2.72 bits per heavy atom. The standard InChI is InChI=1S/C15H27N3/c1-12-6-7-13(10-16)15(9-12)18-8-4-5-14(18)11-17(2)3/h12-15H,4-9,11H2,1-3H3. The molecule has 0 aromatic heterocycles. The number of nitriles is 1. The Kier molecular flexibility index (Phi) is 4.64. The first-order valence-electron chi connectivity index (χ1n) is 7.42. The lowest BCUT2D eigenvalue weighted by atomic mass is 9.78. The van der Waals surface area contributed by atoms with Crippen molar-refractivity contribution in [1.82, 2.24) is 9.80 Å². The van der Waals surface area contributed by atoms with Crippen molar-refractivity contribution in [3.63, 3.8) is 0 Å². The topological polar surface area (TPSA) is 30.3 Å². The van der Waals surface area contributed by atoms with Gasteiger partial charge in [0.1, 0.15) is 0 Å². The van der Waals surface area contributed by atoms with Gasteiger partial charge in [0, 0.05) is 18.6 Å². The number of likely N-dealkylation sites (tertiary alicyclic amines) is 1. The van der Waals surface area contributed by atoms with Crippen LogP contribution in [-0.2, 0) is 0 Å². The van der Waals surface area contributed by atoms with Gasteiger partial charge in [-0.2, -0.15) is 5.26 Å². The predicted octanol–water partition coefficient (Wildman–Crippen LogP) is 2.34. The minimum atomic E-state index is 0.268. The SMILES string of the molecule is CC1CCC(C#N)C(N2CCCC2CN(C)C)C1. The fraction of sp³-hybridized carbons (Fsp3) is 0.933. The molecule has 0 amide bonds. The van der Waals surface area contributed by atoms with Crippen LogP contribution in [0.4, 0.5) is 0 Å². The Morgan fingerprint density at radius 2 is 2.06 bits per heavy atom. The van der Waals surface area contributed by atoms with Crippen molar-refractivity contribution < 1.29 is 0 Å². The van der Waals surface area contributed by atoms with E-state index in [2.05, 4.69) is 36.9 Å². The normalized spacial score (nSPS) is 37.9. The fourth-order valence-electron chi connectivity index (χ4n) is 3.78. The highest BCUT2D eigenvalue weighted by Crippen LogP contribution is 2.35. The molecule has 1 aliphatic heterocycles. The summed E-state index contributed by atoms with van der Waals surface area (Å²) < 4.78 is 0. The Bertz CT molecular complexity index is 307. The Morgan fingerprint density at radius 1 is 1.28 bits per heavy atom. The molecule has 0 bridgehead atoms. The molecule has 2 fully saturated rings. The van der Waals surface area contributed by atoms with Crippen LogP contribution >= 0.6 is 0 Å². The molecule has 4 atom stereocenters. The summed E-state index contributed by atoms with van der Waals surface area (Å²) >= 11 is 0. The average Bonchev–Trinajstić information content (AvgIpc) is 2.76. The highest BCUT2D eigenvalue weighted by Gasteiger charge is 2.38. The molecular weight excluding hydrogens is 222 g/mol. The van der Waals surface area contributed by atoms with Gasteiger partial charge in [-0.25, -0.2) is 0 Å². The third-order valence-corrected chi connectivity index (χ3v) is 4.67. The van der Waals surface area contributed by atoms with Crippen LogP contribution < -0.4 is 0 Å². The molecule has 2 rings (SSSR count). The van der Waals surface area contributed by atoms with E-state index < -0.39 is 0 Å². The maximum Gasteiger partial charge on any atom is 0.0672 e. The highest BCUT2D eigenvalue weighted by atomic mass is 15.2. The molecule has 0 N–H and O–H groups in total. The van der Waals surface area contributed by atoms with Crippen LogP contribution in [0.5, 0.6) is 0 Å². The van der Waals surface area contributed by atoms with Gasteiger partial charge in [0.2, 0.25) is 0 Å². The second-order valence-electron chi connectivity index (χ2n) is 6.52. The second kappa shape index (κ2) is 6.04. The maximum absolute atomic E-state index is 9.39. The molecule has 0 aromatic rings. The van der Waals surface area contributed by atoms with E-state index >= 15 is 0 Å². The van der Waals surface area contributed by atoms with Crippen LogP contribution in [0.1, 0.15) is 39.0 Å². The third-order valence-electron chi connectivity index (χ3n) is 4.67. The summed E-state index contributed by atoms with van der Waals surface area (Å²) in [5.74, 6) is 1.06. The molecule has 1 aliphatic carbocycles. The zero-order valence-corrected chi connectivity index (χ0v) is 12.1. The van der Waals surface area contributed by atoms with Crippen molar-refractivity contribution in [1.29, 1.82) is 5.26 Å². The van der Waals surface area contributed by atoms with Gasteiger partial charge in [-0.15, -0.1) is 0 Å². The minimum Gasteiger partial charge on any atom is -0.308 e. The van der Waals surface area contributed by atoms with Crippen molar-refractivity contribution in [3.8, 4) is 6.07 Å². The van der Waals surface area contributed by atoms with Gasteiger partial charge >= 0.3 is 0 Å². The van der Waals surface area contributed by atoms with Gasteiger partial charge in [-0.1, -0.05) is 6.92 Å². The predicted molar refractivity (Wildman–Crippen MR) is 74.2 cm³/mol. The van der Waals surface area contributed by atoms with Gasteiger partial charge in [0.15, 0.2) is 0 Å². The van der Waals surface area contributed by atoms with E-state index in [1.54, 1.807) is 0 Å². The number of likely N-dealkylation sites (N-methyl/N-ethyl adjacent to an activating group) is 1. The van der Waals surface area contributed by atoms with Crippen LogP contribution in [0.3, 0.4) is 0 Å². The first-order valence-corrected chi connectivity index (χ1v) is 7.42. The molecule has 3 nitrogen and oxygen atoms in total. The summed E-state index contributed by atoms with van der Waals surface area (Å²) in [5, 5.41) is 9.39. The van der Waals surface area contributed by atoms with E-state index in [4.69, 9.17) is 0 Å². The van der Waals surface area contributed by atoms with Gasteiger partial charge in [-0.05, 0) is 58.7 Å². The van der Waals surface area contributed by atoms with E-state index in [9.17, 15) is 5.26 Å². The number of hydrogen-bond donors (Lipinski definition) is 0. The molecule has 4 unspecified atom stereocenters. The average molecular weight is 249 g/mol.